The number of anilines is 3. The summed E-state index contributed by atoms with van der Waals surface area (Å²) < 4.78 is 0. The maximum absolute atomic E-state index is 14.1. The summed E-state index contributed by atoms with van der Waals surface area (Å²) in [5.41, 5.74) is 6.61. The van der Waals surface area contributed by atoms with Crippen LogP contribution in [0, 0.1) is 16.0 Å². The molecule has 4 aromatic rings. The van der Waals surface area contributed by atoms with Crippen molar-refractivity contribution in [1.29, 1.82) is 0 Å². The Bertz CT molecular complexity index is 1880. The van der Waals surface area contributed by atoms with Gasteiger partial charge in [-0.25, -0.2) is 0 Å². The zero-order chi connectivity index (χ0) is 35.1. The summed E-state index contributed by atoms with van der Waals surface area (Å²) in [5.74, 6) is -2.18. The molecule has 5 N–H and O–H groups in total. The van der Waals surface area contributed by atoms with Gasteiger partial charge in [0.15, 0.2) is 5.60 Å². The number of amides is 3. The van der Waals surface area contributed by atoms with Crippen LogP contribution in [0.3, 0.4) is 0 Å². The molecule has 2 atom stereocenters. The number of fused-ring (bicyclic) bond motifs is 1. The lowest BCUT2D eigenvalue weighted by Gasteiger charge is -2.28. The van der Waals surface area contributed by atoms with Crippen molar-refractivity contribution in [3.63, 3.8) is 0 Å². The summed E-state index contributed by atoms with van der Waals surface area (Å²) in [6.45, 7) is 1.84. The van der Waals surface area contributed by atoms with Crippen molar-refractivity contribution < 1.29 is 29.5 Å². The first kappa shape index (κ1) is 34.5. The standard InChI is InChI=1S/C37H37N5O7/c1-25(7-5-12-34(44)40(19-20-43)23-26-8-3-2-4-9-26)37(47)32-22-31(42(48)49)17-18-33(32)41(36(37)46)24-27-10-6-11-30(21-27)39-35(45)28-13-15-29(38)16-14-28/h2-11,13-18,21-22,25,43,47H,12,19-20,23-24,38H2,1H3,(H,39,45)/b7-5+/t25-,37+/m0/s1. The summed E-state index contributed by atoms with van der Waals surface area (Å²) in [6, 6.07) is 26.6. The summed E-state index contributed by atoms with van der Waals surface area (Å²) in [5, 5.41) is 36.1. The van der Waals surface area contributed by atoms with Gasteiger partial charge >= 0.3 is 0 Å². The number of rotatable bonds is 13. The second-order valence-electron chi connectivity index (χ2n) is 11.8. The van der Waals surface area contributed by atoms with E-state index in [2.05, 4.69) is 5.32 Å². The average Bonchev–Trinajstić information content (AvgIpc) is 3.30. The van der Waals surface area contributed by atoms with Gasteiger partial charge in [-0.1, -0.05) is 61.5 Å². The third-order valence-corrected chi connectivity index (χ3v) is 8.48. The van der Waals surface area contributed by atoms with E-state index in [-0.39, 0.29) is 49.2 Å². The van der Waals surface area contributed by atoms with E-state index in [0.717, 1.165) is 5.56 Å². The molecular weight excluding hydrogens is 626 g/mol. The highest BCUT2D eigenvalue weighted by atomic mass is 16.6. The van der Waals surface area contributed by atoms with Gasteiger partial charge in [0.05, 0.1) is 23.8 Å². The Morgan fingerprint density at radius 1 is 1.02 bits per heavy atom. The zero-order valence-corrected chi connectivity index (χ0v) is 26.9. The lowest BCUT2D eigenvalue weighted by molar-refractivity contribution is -0.385. The third kappa shape index (κ3) is 7.67. The van der Waals surface area contributed by atoms with Crippen LogP contribution in [-0.2, 0) is 28.3 Å². The Balaban J connectivity index is 1.36. The van der Waals surface area contributed by atoms with Crippen molar-refractivity contribution in [2.75, 3.05) is 29.1 Å². The highest BCUT2D eigenvalue weighted by Gasteiger charge is 2.53. The molecule has 0 saturated heterocycles. The van der Waals surface area contributed by atoms with E-state index in [1.807, 2.05) is 30.3 Å². The number of nitrogens with zero attached hydrogens (tertiary/aromatic N) is 3. The predicted octanol–water partition coefficient (Wildman–Crippen LogP) is 4.77. The normalized spacial score (nSPS) is 16.0. The summed E-state index contributed by atoms with van der Waals surface area (Å²) in [4.78, 5) is 53.9. The van der Waals surface area contributed by atoms with Gasteiger partial charge in [0.2, 0.25) is 5.91 Å². The zero-order valence-electron chi connectivity index (χ0n) is 26.9. The van der Waals surface area contributed by atoms with E-state index in [9.17, 15) is 34.7 Å². The number of nitrogens with two attached hydrogens (primary N) is 1. The number of hydrogen-bond donors (Lipinski definition) is 4. The molecule has 5 rings (SSSR count). The van der Waals surface area contributed by atoms with E-state index in [4.69, 9.17) is 5.73 Å². The molecule has 0 radical (unpaired) electrons. The van der Waals surface area contributed by atoms with Crippen LogP contribution in [-0.4, -0.2) is 50.9 Å². The molecule has 252 valence electrons. The average molecular weight is 664 g/mol. The number of nitro groups is 1. The SMILES string of the molecule is C[C@@H](/C=C/CC(=O)N(CCO)Cc1ccccc1)[C@]1(O)C(=O)N(Cc2cccc(NC(=O)c3ccc(N)cc3)c2)c2ccc([N+](=O)[O-])cc21. The lowest BCUT2D eigenvalue weighted by atomic mass is 9.82. The molecule has 12 nitrogen and oxygen atoms in total. The number of nitrogen functional groups attached to an aromatic ring is 1. The van der Waals surface area contributed by atoms with Gasteiger partial charge in [-0.2, -0.15) is 0 Å². The second-order valence-corrected chi connectivity index (χ2v) is 11.8. The molecule has 1 heterocycles. The molecule has 3 amide bonds. The van der Waals surface area contributed by atoms with E-state index in [1.54, 1.807) is 67.6 Å². The van der Waals surface area contributed by atoms with Crippen molar-refractivity contribution in [3.8, 4) is 0 Å². The van der Waals surface area contributed by atoms with Gasteiger partial charge in [-0.05, 0) is 53.6 Å². The summed E-state index contributed by atoms with van der Waals surface area (Å²) in [7, 11) is 0. The Morgan fingerprint density at radius 3 is 2.43 bits per heavy atom. The van der Waals surface area contributed by atoms with Gasteiger partial charge < -0.3 is 31.1 Å². The molecule has 49 heavy (non-hydrogen) atoms. The number of carbonyl (C=O) groups is 3. The van der Waals surface area contributed by atoms with E-state index >= 15 is 0 Å². The second kappa shape index (κ2) is 14.9. The fraction of sp³-hybridized carbons (Fsp3) is 0.216. The van der Waals surface area contributed by atoms with Crippen LogP contribution in [0.5, 0.6) is 0 Å². The van der Waals surface area contributed by atoms with Crippen molar-refractivity contribution >= 4 is 40.5 Å². The molecule has 0 bridgehead atoms. The molecule has 1 aliphatic heterocycles. The number of nitro benzene ring substituents is 1. The van der Waals surface area contributed by atoms with Crippen LogP contribution in [0.4, 0.5) is 22.7 Å². The first-order chi connectivity index (χ1) is 23.5. The maximum Gasteiger partial charge on any atom is 0.269 e. The molecule has 4 aromatic carbocycles. The Morgan fingerprint density at radius 2 is 1.73 bits per heavy atom. The highest BCUT2D eigenvalue weighted by Crippen LogP contribution is 2.47. The number of non-ortho nitro benzene ring substituents is 1. The largest absolute Gasteiger partial charge is 0.399 e. The van der Waals surface area contributed by atoms with Crippen LogP contribution in [0.2, 0.25) is 0 Å². The van der Waals surface area contributed by atoms with Crippen LogP contribution >= 0.6 is 0 Å². The van der Waals surface area contributed by atoms with Crippen molar-refractivity contribution in [2.45, 2.75) is 32.0 Å². The van der Waals surface area contributed by atoms with Gasteiger partial charge in [-0.15, -0.1) is 0 Å². The van der Waals surface area contributed by atoms with Gasteiger partial charge in [-0.3, -0.25) is 24.5 Å². The first-order valence-electron chi connectivity index (χ1n) is 15.7. The monoisotopic (exact) mass is 663 g/mol. The summed E-state index contributed by atoms with van der Waals surface area (Å²) >= 11 is 0. The number of benzene rings is 4. The molecular formula is C37H37N5O7. The quantitative estimate of drug-likeness (QED) is 0.0684. The summed E-state index contributed by atoms with van der Waals surface area (Å²) in [6.07, 6.45) is 3.05. The highest BCUT2D eigenvalue weighted by molar-refractivity contribution is 6.07. The topological polar surface area (TPSA) is 179 Å². The number of hydrogen-bond acceptors (Lipinski definition) is 8. The fourth-order valence-electron chi connectivity index (χ4n) is 5.83. The van der Waals surface area contributed by atoms with E-state index < -0.39 is 22.3 Å². The maximum atomic E-state index is 14.1. The Hall–Kier alpha value is -5.85. The fourth-order valence-corrected chi connectivity index (χ4v) is 5.83. The molecule has 0 unspecified atom stereocenters. The lowest BCUT2D eigenvalue weighted by Crippen LogP contribution is -2.44. The number of aliphatic hydroxyl groups excluding tert-OH is 1. The number of aliphatic hydroxyl groups is 2. The van der Waals surface area contributed by atoms with Crippen molar-refractivity contribution in [3.05, 3.63) is 142 Å². The van der Waals surface area contributed by atoms with Crippen molar-refractivity contribution in [2.24, 2.45) is 5.92 Å². The van der Waals surface area contributed by atoms with Crippen molar-refractivity contribution in [1.82, 2.24) is 4.90 Å². The molecule has 12 heteroatoms. The molecule has 0 aliphatic carbocycles. The van der Waals surface area contributed by atoms with E-state index in [1.165, 1.54) is 28.0 Å². The molecule has 1 aliphatic rings. The van der Waals surface area contributed by atoms with E-state index in [0.29, 0.717) is 34.7 Å². The van der Waals surface area contributed by atoms with Gasteiger partial charge in [0.1, 0.15) is 0 Å². The predicted molar refractivity (Wildman–Crippen MR) is 185 cm³/mol. The van der Waals surface area contributed by atoms with Gasteiger partial charge in [0.25, 0.3) is 17.5 Å². The molecule has 0 spiro atoms. The minimum absolute atomic E-state index is 0.00204. The van der Waals surface area contributed by atoms with Crippen LogP contribution in [0.1, 0.15) is 40.4 Å². The van der Waals surface area contributed by atoms with Crippen LogP contribution < -0.4 is 16.0 Å². The Kier molecular flexibility index (Phi) is 10.5. The molecule has 0 saturated carbocycles. The number of carbonyl (C=O) groups excluding carboxylic acids is 3. The first-order valence-corrected chi connectivity index (χ1v) is 15.7. The molecule has 0 fully saturated rings. The minimum Gasteiger partial charge on any atom is -0.399 e. The van der Waals surface area contributed by atoms with Crippen LogP contribution in [0.15, 0.2) is 109 Å². The molecule has 0 aromatic heterocycles. The van der Waals surface area contributed by atoms with Crippen LogP contribution in [0.25, 0.3) is 0 Å². The van der Waals surface area contributed by atoms with Gasteiger partial charge in [0, 0.05) is 60.1 Å². The number of nitrogens with one attached hydrogen (secondary N) is 1. The smallest absolute Gasteiger partial charge is 0.269 e. The third-order valence-electron chi connectivity index (χ3n) is 8.48. The minimum atomic E-state index is -2.17. The Labute approximate surface area is 283 Å².